The van der Waals surface area contributed by atoms with Crippen molar-refractivity contribution in [3.05, 3.63) is 54.1 Å². The standard InChI is InChI=1S/C20H24N2O3/c1-2-16-5-3-4-6-19(16)25-15-20(23)21-17-7-9-18(10-8-17)22-11-13-24-14-12-22/h3-10H,2,11-15H2,1H3,(H,21,23). The number of amides is 1. The normalized spacial score (nSPS) is 14.2. The van der Waals surface area contributed by atoms with Gasteiger partial charge in [0.1, 0.15) is 5.75 Å². The van der Waals surface area contributed by atoms with Crippen LogP contribution in [0.1, 0.15) is 12.5 Å². The molecule has 0 unspecified atom stereocenters. The van der Waals surface area contributed by atoms with Crippen molar-refractivity contribution in [1.82, 2.24) is 0 Å². The Balaban J connectivity index is 1.52. The monoisotopic (exact) mass is 340 g/mol. The van der Waals surface area contributed by atoms with Gasteiger partial charge in [-0.2, -0.15) is 0 Å². The van der Waals surface area contributed by atoms with Crippen LogP contribution in [0.2, 0.25) is 0 Å². The molecular formula is C20H24N2O3. The highest BCUT2D eigenvalue weighted by Crippen LogP contribution is 2.20. The van der Waals surface area contributed by atoms with E-state index in [1.54, 1.807) is 0 Å². The Bertz CT molecular complexity index is 694. The van der Waals surface area contributed by atoms with Crippen LogP contribution in [0, 0.1) is 0 Å². The second kappa shape index (κ2) is 8.53. The highest BCUT2D eigenvalue weighted by atomic mass is 16.5. The quantitative estimate of drug-likeness (QED) is 0.878. The molecule has 0 saturated carbocycles. The summed E-state index contributed by atoms with van der Waals surface area (Å²) in [5.74, 6) is 0.604. The van der Waals surface area contributed by atoms with E-state index in [9.17, 15) is 4.79 Å². The predicted octanol–water partition coefficient (Wildman–Crippen LogP) is 3.10. The number of rotatable bonds is 6. The summed E-state index contributed by atoms with van der Waals surface area (Å²) in [7, 11) is 0. The van der Waals surface area contributed by atoms with E-state index < -0.39 is 0 Å². The van der Waals surface area contributed by atoms with Gasteiger partial charge >= 0.3 is 0 Å². The fourth-order valence-electron chi connectivity index (χ4n) is 2.85. The maximum absolute atomic E-state index is 12.1. The highest BCUT2D eigenvalue weighted by Gasteiger charge is 2.11. The lowest BCUT2D eigenvalue weighted by Crippen LogP contribution is -2.36. The van der Waals surface area contributed by atoms with Gasteiger partial charge in [-0.05, 0) is 42.3 Å². The number of para-hydroxylation sites is 1. The van der Waals surface area contributed by atoms with Crippen LogP contribution < -0.4 is 15.0 Å². The summed E-state index contributed by atoms with van der Waals surface area (Å²) in [6, 6.07) is 15.7. The second-order valence-electron chi connectivity index (χ2n) is 5.94. The minimum atomic E-state index is -0.162. The number of carbonyl (C=O) groups is 1. The molecule has 1 N–H and O–H groups in total. The van der Waals surface area contributed by atoms with Gasteiger partial charge in [0.2, 0.25) is 0 Å². The molecule has 0 radical (unpaired) electrons. The Morgan fingerprint density at radius 3 is 2.56 bits per heavy atom. The topological polar surface area (TPSA) is 50.8 Å². The van der Waals surface area contributed by atoms with Gasteiger partial charge in [-0.25, -0.2) is 0 Å². The van der Waals surface area contributed by atoms with E-state index in [1.807, 2.05) is 48.5 Å². The first-order valence-corrected chi connectivity index (χ1v) is 8.69. The predicted molar refractivity (Wildman–Crippen MR) is 99.4 cm³/mol. The summed E-state index contributed by atoms with van der Waals surface area (Å²) in [5, 5.41) is 2.87. The molecule has 1 heterocycles. The second-order valence-corrected chi connectivity index (χ2v) is 5.94. The molecule has 1 saturated heterocycles. The van der Waals surface area contributed by atoms with E-state index in [2.05, 4.69) is 17.1 Å². The van der Waals surface area contributed by atoms with E-state index in [0.717, 1.165) is 55.4 Å². The van der Waals surface area contributed by atoms with Gasteiger partial charge in [0.05, 0.1) is 13.2 Å². The van der Waals surface area contributed by atoms with Gasteiger partial charge < -0.3 is 19.7 Å². The molecule has 1 aliphatic heterocycles. The van der Waals surface area contributed by atoms with Gasteiger partial charge in [0.15, 0.2) is 6.61 Å². The third kappa shape index (κ3) is 4.73. The van der Waals surface area contributed by atoms with Crippen molar-refractivity contribution < 1.29 is 14.3 Å². The van der Waals surface area contributed by atoms with Crippen molar-refractivity contribution >= 4 is 17.3 Å². The van der Waals surface area contributed by atoms with Crippen molar-refractivity contribution in [2.45, 2.75) is 13.3 Å². The summed E-state index contributed by atoms with van der Waals surface area (Å²) in [6.45, 7) is 5.39. The number of hydrogen-bond acceptors (Lipinski definition) is 4. The van der Waals surface area contributed by atoms with Crippen LogP contribution in [0.5, 0.6) is 5.75 Å². The Hall–Kier alpha value is -2.53. The van der Waals surface area contributed by atoms with Crippen LogP contribution in [-0.2, 0) is 16.0 Å². The molecule has 0 aromatic heterocycles. The Morgan fingerprint density at radius 1 is 1.12 bits per heavy atom. The Labute approximate surface area is 148 Å². The van der Waals surface area contributed by atoms with Crippen molar-refractivity contribution in [1.29, 1.82) is 0 Å². The summed E-state index contributed by atoms with van der Waals surface area (Å²) in [4.78, 5) is 14.4. The number of carbonyl (C=O) groups excluding carboxylic acids is 1. The first kappa shape index (κ1) is 17.3. The molecular weight excluding hydrogens is 316 g/mol. The van der Waals surface area contributed by atoms with Gasteiger partial charge in [-0.3, -0.25) is 4.79 Å². The highest BCUT2D eigenvalue weighted by molar-refractivity contribution is 5.92. The van der Waals surface area contributed by atoms with Gasteiger partial charge in [0, 0.05) is 24.5 Å². The molecule has 1 fully saturated rings. The molecule has 1 aliphatic rings. The van der Waals surface area contributed by atoms with E-state index in [0.29, 0.717) is 0 Å². The molecule has 5 nitrogen and oxygen atoms in total. The molecule has 1 amide bonds. The van der Waals surface area contributed by atoms with Crippen LogP contribution in [0.15, 0.2) is 48.5 Å². The first-order valence-electron chi connectivity index (χ1n) is 8.69. The summed E-state index contributed by atoms with van der Waals surface area (Å²) < 4.78 is 11.0. The summed E-state index contributed by atoms with van der Waals surface area (Å²) >= 11 is 0. The number of benzene rings is 2. The third-order valence-electron chi connectivity index (χ3n) is 4.24. The zero-order valence-corrected chi connectivity index (χ0v) is 14.5. The minimum absolute atomic E-state index is 0.00221. The third-order valence-corrected chi connectivity index (χ3v) is 4.24. The van der Waals surface area contributed by atoms with Crippen LogP contribution in [-0.4, -0.2) is 38.8 Å². The molecule has 2 aromatic rings. The summed E-state index contributed by atoms with van der Waals surface area (Å²) in [6.07, 6.45) is 0.876. The molecule has 132 valence electrons. The lowest BCUT2D eigenvalue weighted by molar-refractivity contribution is -0.118. The number of nitrogens with zero attached hydrogens (tertiary/aromatic N) is 1. The van der Waals surface area contributed by atoms with E-state index in [-0.39, 0.29) is 12.5 Å². The van der Waals surface area contributed by atoms with Gasteiger partial charge in [-0.15, -0.1) is 0 Å². The molecule has 3 rings (SSSR count). The Kier molecular flexibility index (Phi) is 5.90. The number of aryl methyl sites for hydroxylation is 1. The molecule has 0 spiro atoms. The van der Waals surface area contributed by atoms with Gasteiger partial charge in [0.25, 0.3) is 5.91 Å². The largest absolute Gasteiger partial charge is 0.483 e. The molecule has 0 aliphatic carbocycles. The number of hydrogen-bond donors (Lipinski definition) is 1. The van der Waals surface area contributed by atoms with E-state index >= 15 is 0 Å². The average molecular weight is 340 g/mol. The maximum Gasteiger partial charge on any atom is 0.262 e. The fraction of sp³-hybridized carbons (Fsp3) is 0.350. The number of nitrogens with one attached hydrogen (secondary N) is 1. The lowest BCUT2D eigenvalue weighted by Gasteiger charge is -2.28. The van der Waals surface area contributed by atoms with Crippen molar-refractivity contribution in [2.24, 2.45) is 0 Å². The average Bonchev–Trinajstić information content (AvgIpc) is 2.68. The Morgan fingerprint density at radius 2 is 1.84 bits per heavy atom. The molecule has 25 heavy (non-hydrogen) atoms. The number of ether oxygens (including phenoxy) is 2. The first-order chi connectivity index (χ1) is 12.3. The molecule has 2 aromatic carbocycles. The zero-order chi connectivity index (χ0) is 17.5. The van der Waals surface area contributed by atoms with Crippen LogP contribution in [0.4, 0.5) is 11.4 Å². The van der Waals surface area contributed by atoms with Crippen molar-refractivity contribution in [2.75, 3.05) is 43.1 Å². The smallest absolute Gasteiger partial charge is 0.262 e. The molecule has 5 heteroatoms. The number of morpholine rings is 1. The van der Waals surface area contributed by atoms with Crippen LogP contribution >= 0.6 is 0 Å². The fourth-order valence-corrected chi connectivity index (χ4v) is 2.85. The van der Waals surface area contributed by atoms with Crippen LogP contribution in [0.3, 0.4) is 0 Å². The minimum Gasteiger partial charge on any atom is -0.483 e. The maximum atomic E-state index is 12.1. The zero-order valence-electron chi connectivity index (χ0n) is 14.5. The van der Waals surface area contributed by atoms with Crippen molar-refractivity contribution in [3.63, 3.8) is 0 Å². The SMILES string of the molecule is CCc1ccccc1OCC(=O)Nc1ccc(N2CCOCC2)cc1. The molecule has 0 bridgehead atoms. The van der Waals surface area contributed by atoms with E-state index in [4.69, 9.17) is 9.47 Å². The van der Waals surface area contributed by atoms with Crippen molar-refractivity contribution in [3.8, 4) is 5.75 Å². The van der Waals surface area contributed by atoms with E-state index in [1.165, 1.54) is 0 Å². The summed E-state index contributed by atoms with van der Waals surface area (Å²) in [5.41, 5.74) is 3.02. The van der Waals surface area contributed by atoms with Gasteiger partial charge in [-0.1, -0.05) is 25.1 Å². The van der Waals surface area contributed by atoms with Crippen LogP contribution in [0.25, 0.3) is 0 Å². The lowest BCUT2D eigenvalue weighted by atomic mass is 10.1. The molecule has 0 atom stereocenters. The number of anilines is 2.